The first kappa shape index (κ1) is 17.3. The summed E-state index contributed by atoms with van der Waals surface area (Å²) in [5.74, 6) is 0.262. The van der Waals surface area contributed by atoms with E-state index in [2.05, 4.69) is 15.3 Å². The van der Waals surface area contributed by atoms with Crippen molar-refractivity contribution in [3.05, 3.63) is 18.1 Å². The van der Waals surface area contributed by atoms with Crippen LogP contribution in [0.15, 0.2) is 12.4 Å². The highest BCUT2D eigenvalue weighted by Crippen LogP contribution is 2.28. The molecule has 3 rings (SSSR count). The molecule has 0 aromatic carbocycles. The number of alkyl halides is 2. The Kier molecular flexibility index (Phi) is 4.95. The van der Waals surface area contributed by atoms with Gasteiger partial charge in [0.05, 0.1) is 12.4 Å². The van der Waals surface area contributed by atoms with E-state index in [0.29, 0.717) is 25.9 Å². The van der Waals surface area contributed by atoms with Crippen molar-refractivity contribution in [2.75, 3.05) is 18.0 Å². The summed E-state index contributed by atoms with van der Waals surface area (Å²) in [4.78, 5) is 34.0. The van der Waals surface area contributed by atoms with Crippen LogP contribution in [0.2, 0.25) is 0 Å². The number of halogens is 2. The van der Waals surface area contributed by atoms with E-state index >= 15 is 0 Å². The van der Waals surface area contributed by atoms with Gasteiger partial charge in [-0.15, -0.1) is 0 Å². The lowest BCUT2D eigenvalue weighted by atomic mass is 9.90. The van der Waals surface area contributed by atoms with Crippen LogP contribution in [-0.4, -0.2) is 57.3 Å². The minimum Gasteiger partial charge on any atom is -0.465 e. The Labute approximate surface area is 142 Å². The number of hydrogen-bond acceptors (Lipinski definition) is 4. The first-order valence-corrected chi connectivity index (χ1v) is 8.13. The van der Waals surface area contributed by atoms with E-state index in [1.807, 2.05) is 0 Å². The molecule has 1 saturated carbocycles. The number of aromatic nitrogens is 2. The third-order valence-corrected chi connectivity index (χ3v) is 4.66. The molecule has 3 amide bonds. The Hall–Kier alpha value is -2.52. The third kappa shape index (κ3) is 3.77. The third-order valence-electron chi connectivity index (χ3n) is 4.66. The van der Waals surface area contributed by atoms with Crippen molar-refractivity contribution in [2.24, 2.45) is 0 Å². The number of urea groups is 1. The number of rotatable bonds is 4. The zero-order chi connectivity index (χ0) is 18.0. The fraction of sp³-hybridized carbons (Fsp3) is 0.600. The molecule has 1 aromatic rings. The number of carboxylic acid groups (broad SMARTS) is 1. The highest BCUT2D eigenvalue weighted by molar-refractivity contribution is 5.93. The van der Waals surface area contributed by atoms with Crippen LogP contribution < -0.4 is 10.2 Å². The van der Waals surface area contributed by atoms with E-state index in [9.17, 15) is 18.4 Å². The van der Waals surface area contributed by atoms with Gasteiger partial charge in [-0.2, -0.15) is 0 Å². The molecule has 10 heteroatoms. The summed E-state index contributed by atoms with van der Waals surface area (Å²) in [5, 5.41) is 11.2. The number of nitrogens with one attached hydrogen (secondary N) is 1. The predicted octanol–water partition coefficient (Wildman–Crippen LogP) is 2.23. The average Bonchev–Trinajstić information content (AvgIpc) is 2.97. The summed E-state index contributed by atoms with van der Waals surface area (Å²) in [7, 11) is 0. The Bertz CT molecular complexity index is 635. The van der Waals surface area contributed by atoms with Gasteiger partial charge in [-0.3, -0.25) is 4.90 Å². The Morgan fingerprint density at radius 2 is 1.92 bits per heavy atom. The number of carbonyl (C=O) groups excluding carboxylic acids is 1. The van der Waals surface area contributed by atoms with Gasteiger partial charge < -0.3 is 15.3 Å². The van der Waals surface area contributed by atoms with Crippen molar-refractivity contribution >= 4 is 17.9 Å². The van der Waals surface area contributed by atoms with Crippen molar-refractivity contribution < 1.29 is 23.5 Å². The van der Waals surface area contributed by atoms with Crippen LogP contribution >= 0.6 is 0 Å². The van der Waals surface area contributed by atoms with Crippen LogP contribution in [0.25, 0.3) is 0 Å². The summed E-state index contributed by atoms with van der Waals surface area (Å²) in [6.07, 6.45) is 1.27. The van der Waals surface area contributed by atoms with E-state index in [-0.39, 0.29) is 23.9 Å². The lowest BCUT2D eigenvalue weighted by molar-refractivity contribution is 0.145. The molecule has 2 heterocycles. The lowest BCUT2D eigenvalue weighted by Crippen LogP contribution is -2.45. The second-order valence-electron chi connectivity index (χ2n) is 6.18. The monoisotopic (exact) mass is 355 g/mol. The normalized spacial score (nSPS) is 24.0. The zero-order valence-electron chi connectivity index (χ0n) is 13.4. The highest BCUT2D eigenvalue weighted by Gasteiger charge is 2.37. The molecule has 2 aliphatic rings. The van der Waals surface area contributed by atoms with Crippen molar-refractivity contribution in [3.63, 3.8) is 0 Å². The maximum atomic E-state index is 12.6. The maximum absolute atomic E-state index is 12.6. The van der Waals surface area contributed by atoms with Crippen LogP contribution in [0.1, 0.15) is 37.8 Å². The quantitative estimate of drug-likeness (QED) is 0.863. The van der Waals surface area contributed by atoms with E-state index < -0.39 is 18.2 Å². The molecular formula is C15H19F2N5O3. The minimum absolute atomic E-state index is 0.0534. The topological polar surface area (TPSA) is 98.7 Å². The molecule has 25 heavy (non-hydrogen) atoms. The molecule has 2 N–H and O–H groups in total. The molecule has 0 radical (unpaired) electrons. The summed E-state index contributed by atoms with van der Waals surface area (Å²) in [6, 6.07) is -0.235. The van der Waals surface area contributed by atoms with Crippen LogP contribution in [0.3, 0.4) is 0 Å². The first-order valence-electron chi connectivity index (χ1n) is 8.13. The van der Waals surface area contributed by atoms with Crippen LogP contribution in [0, 0.1) is 0 Å². The molecule has 2 fully saturated rings. The summed E-state index contributed by atoms with van der Waals surface area (Å²) in [5.41, 5.74) is -0.420. The van der Waals surface area contributed by atoms with Gasteiger partial charge in [0.1, 0.15) is 5.69 Å². The van der Waals surface area contributed by atoms with Crippen molar-refractivity contribution in [3.8, 4) is 0 Å². The summed E-state index contributed by atoms with van der Waals surface area (Å²) < 4.78 is 25.1. The molecule has 0 unspecified atom stereocenters. The Morgan fingerprint density at radius 3 is 2.48 bits per heavy atom. The van der Waals surface area contributed by atoms with Gasteiger partial charge in [-0.05, 0) is 25.7 Å². The first-order chi connectivity index (χ1) is 12.0. The summed E-state index contributed by atoms with van der Waals surface area (Å²) >= 11 is 0. The largest absolute Gasteiger partial charge is 0.465 e. The molecule has 136 valence electrons. The van der Waals surface area contributed by atoms with Gasteiger partial charge in [0, 0.05) is 25.2 Å². The predicted molar refractivity (Wildman–Crippen MR) is 83.6 cm³/mol. The molecular weight excluding hydrogens is 336 g/mol. The lowest BCUT2D eigenvalue weighted by Gasteiger charge is -2.34. The smallest absolute Gasteiger partial charge is 0.404 e. The van der Waals surface area contributed by atoms with Crippen LogP contribution in [0.5, 0.6) is 0 Å². The number of amides is 3. The number of nitrogens with zero attached hydrogens (tertiary/aromatic N) is 4. The number of hydrogen-bond donors (Lipinski definition) is 2. The molecule has 1 aliphatic carbocycles. The van der Waals surface area contributed by atoms with Gasteiger partial charge in [-0.25, -0.2) is 28.3 Å². The Balaban J connectivity index is 1.59. The van der Waals surface area contributed by atoms with E-state index in [4.69, 9.17) is 5.11 Å². The average molecular weight is 355 g/mol. The molecule has 1 aromatic heterocycles. The standard InChI is InChI=1S/C15H19F2N5O3/c16-13(17)11-7-19-12(8-18-11)22-6-5-21(15(22)25)10-3-1-9(2-4-10)20-14(23)24/h7-10,13,20H,1-6H2,(H,23,24)/t9-,10-. The van der Waals surface area contributed by atoms with Gasteiger partial charge in [0.25, 0.3) is 6.43 Å². The van der Waals surface area contributed by atoms with Crippen LogP contribution in [0.4, 0.5) is 24.2 Å². The van der Waals surface area contributed by atoms with E-state index in [1.165, 1.54) is 11.1 Å². The maximum Gasteiger partial charge on any atom is 0.404 e. The number of carbonyl (C=O) groups is 2. The molecule has 1 aliphatic heterocycles. The van der Waals surface area contributed by atoms with Crippen molar-refractivity contribution in [1.82, 2.24) is 20.2 Å². The second-order valence-corrected chi connectivity index (χ2v) is 6.18. The van der Waals surface area contributed by atoms with Gasteiger partial charge >= 0.3 is 12.1 Å². The minimum atomic E-state index is -2.69. The SMILES string of the molecule is O=C(O)N[C@H]1CC[C@H](N2CCN(c3cnc(C(F)F)cn3)C2=O)CC1. The molecule has 8 nitrogen and oxygen atoms in total. The zero-order valence-corrected chi connectivity index (χ0v) is 13.4. The molecule has 0 atom stereocenters. The van der Waals surface area contributed by atoms with Crippen molar-refractivity contribution in [2.45, 2.75) is 44.2 Å². The van der Waals surface area contributed by atoms with Crippen LogP contribution in [-0.2, 0) is 0 Å². The van der Waals surface area contributed by atoms with E-state index in [1.54, 1.807) is 4.90 Å². The number of anilines is 1. The highest BCUT2D eigenvalue weighted by atomic mass is 19.3. The van der Waals surface area contributed by atoms with Gasteiger partial charge in [-0.1, -0.05) is 0 Å². The fourth-order valence-corrected chi connectivity index (χ4v) is 3.40. The van der Waals surface area contributed by atoms with Gasteiger partial charge in [0.15, 0.2) is 5.82 Å². The second kappa shape index (κ2) is 7.16. The molecule has 0 spiro atoms. The summed E-state index contributed by atoms with van der Waals surface area (Å²) in [6.45, 7) is 0.952. The van der Waals surface area contributed by atoms with Crippen molar-refractivity contribution in [1.29, 1.82) is 0 Å². The molecule has 0 bridgehead atoms. The van der Waals surface area contributed by atoms with Gasteiger partial charge in [0.2, 0.25) is 0 Å². The van der Waals surface area contributed by atoms with E-state index in [0.717, 1.165) is 19.0 Å². The fourth-order valence-electron chi connectivity index (χ4n) is 3.40. The molecule has 1 saturated heterocycles. The Morgan fingerprint density at radius 1 is 1.20 bits per heavy atom.